The molecule has 2 aromatic rings. The van der Waals surface area contributed by atoms with Gasteiger partial charge in [0.15, 0.2) is 23.2 Å². The Labute approximate surface area is 132 Å². The highest BCUT2D eigenvalue weighted by atomic mass is 19.2. The summed E-state index contributed by atoms with van der Waals surface area (Å²) in [5.74, 6) is -2.25. The van der Waals surface area contributed by atoms with E-state index in [2.05, 4.69) is 0 Å². The zero-order chi connectivity index (χ0) is 17.0. The SMILES string of the molecule is COc1ccc(CN(C)CC(O)c2ccc(F)c(F)c2)cc1F. The van der Waals surface area contributed by atoms with E-state index >= 15 is 0 Å². The van der Waals surface area contributed by atoms with E-state index in [0.29, 0.717) is 12.1 Å². The van der Waals surface area contributed by atoms with E-state index in [-0.39, 0.29) is 17.9 Å². The molecule has 1 unspecified atom stereocenters. The second kappa shape index (κ2) is 7.48. The maximum absolute atomic E-state index is 13.6. The summed E-state index contributed by atoms with van der Waals surface area (Å²) in [5, 5.41) is 10.1. The Morgan fingerprint density at radius 2 is 1.78 bits per heavy atom. The van der Waals surface area contributed by atoms with Crippen LogP contribution in [0.4, 0.5) is 13.2 Å². The molecule has 2 rings (SSSR count). The van der Waals surface area contributed by atoms with Crippen LogP contribution < -0.4 is 4.74 Å². The fourth-order valence-corrected chi connectivity index (χ4v) is 2.30. The van der Waals surface area contributed by atoms with Crippen LogP contribution in [0.15, 0.2) is 36.4 Å². The monoisotopic (exact) mass is 325 g/mol. The molecule has 0 amide bonds. The molecule has 0 bridgehead atoms. The number of aliphatic hydroxyl groups is 1. The maximum Gasteiger partial charge on any atom is 0.165 e. The third kappa shape index (κ3) is 4.46. The van der Waals surface area contributed by atoms with Gasteiger partial charge < -0.3 is 9.84 Å². The smallest absolute Gasteiger partial charge is 0.165 e. The van der Waals surface area contributed by atoms with Crippen molar-refractivity contribution >= 4 is 0 Å². The second-order valence-electron chi connectivity index (χ2n) is 5.35. The molecule has 0 radical (unpaired) electrons. The van der Waals surface area contributed by atoms with Gasteiger partial charge in [-0.15, -0.1) is 0 Å². The highest BCUT2D eigenvalue weighted by Crippen LogP contribution is 2.20. The van der Waals surface area contributed by atoms with Crippen molar-refractivity contribution in [1.82, 2.24) is 4.90 Å². The molecule has 0 aliphatic rings. The molecule has 23 heavy (non-hydrogen) atoms. The molecule has 124 valence electrons. The molecule has 0 heterocycles. The van der Waals surface area contributed by atoms with Crippen LogP contribution in [0.25, 0.3) is 0 Å². The molecule has 0 aliphatic heterocycles. The van der Waals surface area contributed by atoms with Gasteiger partial charge in [0.25, 0.3) is 0 Å². The average molecular weight is 325 g/mol. The second-order valence-corrected chi connectivity index (χ2v) is 5.35. The lowest BCUT2D eigenvalue weighted by atomic mass is 10.1. The van der Waals surface area contributed by atoms with Gasteiger partial charge >= 0.3 is 0 Å². The molecule has 0 saturated carbocycles. The molecular weight excluding hydrogens is 307 g/mol. The number of hydrogen-bond acceptors (Lipinski definition) is 3. The van der Waals surface area contributed by atoms with Gasteiger partial charge in [-0.2, -0.15) is 0 Å². The Balaban J connectivity index is 1.99. The standard InChI is InChI=1S/C17H18F3NO2/c1-21(9-11-3-6-17(23-2)15(20)7-11)10-16(22)12-4-5-13(18)14(19)8-12/h3-8,16,22H,9-10H2,1-2H3. The molecule has 3 nitrogen and oxygen atoms in total. The van der Waals surface area contributed by atoms with Gasteiger partial charge in [-0.1, -0.05) is 12.1 Å². The Morgan fingerprint density at radius 1 is 1.04 bits per heavy atom. The van der Waals surface area contributed by atoms with Gasteiger partial charge in [0.1, 0.15) is 0 Å². The van der Waals surface area contributed by atoms with E-state index in [1.807, 2.05) is 0 Å². The number of aliphatic hydroxyl groups excluding tert-OH is 1. The van der Waals surface area contributed by atoms with Crippen molar-refractivity contribution in [2.45, 2.75) is 12.6 Å². The van der Waals surface area contributed by atoms with E-state index in [1.54, 1.807) is 18.0 Å². The first-order chi connectivity index (χ1) is 10.9. The lowest BCUT2D eigenvalue weighted by Gasteiger charge is -2.21. The molecule has 0 fully saturated rings. The van der Waals surface area contributed by atoms with Crippen molar-refractivity contribution in [3.8, 4) is 5.75 Å². The Morgan fingerprint density at radius 3 is 2.39 bits per heavy atom. The largest absolute Gasteiger partial charge is 0.494 e. The summed E-state index contributed by atoms with van der Waals surface area (Å²) in [6, 6.07) is 7.91. The highest BCUT2D eigenvalue weighted by Gasteiger charge is 2.14. The lowest BCUT2D eigenvalue weighted by molar-refractivity contribution is 0.123. The maximum atomic E-state index is 13.6. The van der Waals surface area contributed by atoms with Crippen LogP contribution in [-0.4, -0.2) is 30.7 Å². The minimum absolute atomic E-state index is 0.165. The van der Waals surface area contributed by atoms with Gasteiger partial charge in [-0.3, -0.25) is 4.90 Å². The summed E-state index contributed by atoms with van der Waals surface area (Å²) in [6.07, 6.45) is -0.974. The molecule has 0 aromatic heterocycles. The predicted molar refractivity (Wildman–Crippen MR) is 80.6 cm³/mol. The van der Waals surface area contributed by atoms with Crippen LogP contribution in [0.3, 0.4) is 0 Å². The minimum atomic E-state index is -0.999. The van der Waals surface area contributed by atoms with Crippen molar-refractivity contribution < 1.29 is 23.0 Å². The zero-order valence-corrected chi connectivity index (χ0v) is 12.9. The zero-order valence-electron chi connectivity index (χ0n) is 12.9. The Bertz CT molecular complexity index is 679. The van der Waals surface area contributed by atoms with Crippen molar-refractivity contribution in [3.63, 3.8) is 0 Å². The van der Waals surface area contributed by atoms with Crippen LogP contribution in [0.5, 0.6) is 5.75 Å². The Hall–Kier alpha value is -2.05. The van der Waals surface area contributed by atoms with Gasteiger partial charge in [0.2, 0.25) is 0 Å². The van der Waals surface area contributed by atoms with Crippen LogP contribution in [0, 0.1) is 17.5 Å². The summed E-state index contributed by atoms with van der Waals surface area (Å²) in [7, 11) is 3.13. The van der Waals surface area contributed by atoms with Gasteiger partial charge in [-0.05, 0) is 42.4 Å². The first-order valence-corrected chi connectivity index (χ1v) is 7.04. The molecule has 0 spiro atoms. The normalized spacial score (nSPS) is 12.5. The van der Waals surface area contributed by atoms with Gasteiger partial charge in [0.05, 0.1) is 13.2 Å². The summed E-state index contributed by atoms with van der Waals surface area (Å²) >= 11 is 0. The van der Waals surface area contributed by atoms with E-state index in [9.17, 15) is 18.3 Å². The van der Waals surface area contributed by atoms with Gasteiger partial charge in [0, 0.05) is 13.1 Å². The molecule has 1 atom stereocenters. The average Bonchev–Trinajstić information content (AvgIpc) is 2.50. The summed E-state index contributed by atoms with van der Waals surface area (Å²) in [4.78, 5) is 1.76. The van der Waals surface area contributed by atoms with Crippen LogP contribution >= 0.6 is 0 Å². The highest BCUT2D eigenvalue weighted by molar-refractivity contribution is 5.29. The number of halogens is 3. The van der Waals surface area contributed by atoms with E-state index in [1.165, 1.54) is 25.3 Å². The number of rotatable bonds is 6. The van der Waals surface area contributed by atoms with Crippen LogP contribution in [-0.2, 0) is 6.54 Å². The number of likely N-dealkylation sites (N-methyl/N-ethyl adjacent to an activating group) is 1. The quantitative estimate of drug-likeness (QED) is 0.885. The summed E-state index contributed by atoms with van der Waals surface area (Å²) in [5.41, 5.74) is 1.000. The molecule has 0 saturated heterocycles. The number of methoxy groups -OCH3 is 1. The first-order valence-electron chi connectivity index (χ1n) is 7.04. The summed E-state index contributed by atoms with van der Waals surface area (Å²) in [6.45, 7) is 0.584. The molecule has 1 N–H and O–H groups in total. The minimum Gasteiger partial charge on any atom is -0.494 e. The van der Waals surface area contributed by atoms with Crippen molar-refractivity contribution in [3.05, 3.63) is 65.0 Å². The number of ether oxygens (including phenoxy) is 1. The van der Waals surface area contributed by atoms with Crippen LogP contribution in [0.2, 0.25) is 0 Å². The molecule has 6 heteroatoms. The number of benzene rings is 2. The van der Waals surface area contributed by atoms with Gasteiger partial charge in [-0.25, -0.2) is 13.2 Å². The fraction of sp³-hybridized carbons (Fsp3) is 0.294. The summed E-state index contributed by atoms with van der Waals surface area (Å²) < 4.78 is 44.6. The van der Waals surface area contributed by atoms with E-state index in [0.717, 1.165) is 12.1 Å². The van der Waals surface area contributed by atoms with Crippen LogP contribution in [0.1, 0.15) is 17.2 Å². The number of nitrogens with zero attached hydrogens (tertiary/aromatic N) is 1. The van der Waals surface area contributed by atoms with Crippen molar-refractivity contribution in [2.75, 3.05) is 20.7 Å². The fourth-order valence-electron chi connectivity index (χ4n) is 2.30. The topological polar surface area (TPSA) is 32.7 Å². The van der Waals surface area contributed by atoms with Crippen molar-refractivity contribution in [2.24, 2.45) is 0 Å². The van der Waals surface area contributed by atoms with E-state index < -0.39 is 23.6 Å². The number of hydrogen-bond donors (Lipinski definition) is 1. The third-order valence-corrected chi connectivity index (χ3v) is 3.48. The first kappa shape index (κ1) is 17.3. The third-order valence-electron chi connectivity index (χ3n) is 3.48. The molecule has 0 aliphatic carbocycles. The lowest BCUT2D eigenvalue weighted by Crippen LogP contribution is -2.24. The van der Waals surface area contributed by atoms with Crippen molar-refractivity contribution in [1.29, 1.82) is 0 Å². The predicted octanol–water partition coefficient (Wildman–Crippen LogP) is 3.28. The Kier molecular flexibility index (Phi) is 5.63. The molecule has 2 aromatic carbocycles. The van der Waals surface area contributed by atoms with E-state index in [4.69, 9.17) is 4.74 Å². The molecular formula is C17H18F3NO2.